The summed E-state index contributed by atoms with van der Waals surface area (Å²) >= 11 is 1.46. The van der Waals surface area contributed by atoms with Crippen molar-refractivity contribution in [3.05, 3.63) is 106 Å². The van der Waals surface area contributed by atoms with Crippen LogP contribution in [-0.4, -0.2) is 97.6 Å². The smallest absolute Gasteiger partial charge is 0.262 e. The van der Waals surface area contributed by atoms with Crippen LogP contribution in [0.5, 0.6) is 5.75 Å². The van der Waals surface area contributed by atoms with E-state index in [1.54, 1.807) is 60.1 Å². The van der Waals surface area contributed by atoms with E-state index in [2.05, 4.69) is 26.3 Å². The molecule has 0 saturated heterocycles. The highest BCUT2D eigenvalue weighted by atomic mass is 32.1. The molecule has 0 spiro atoms. The Hall–Kier alpha value is -5.68. The molecule has 0 bridgehead atoms. The van der Waals surface area contributed by atoms with Crippen LogP contribution in [0.2, 0.25) is 0 Å². The Morgan fingerprint density at radius 1 is 0.891 bits per heavy atom. The van der Waals surface area contributed by atoms with Gasteiger partial charge in [-0.1, -0.05) is 12.1 Å². The van der Waals surface area contributed by atoms with Gasteiger partial charge in [-0.15, -0.1) is 11.3 Å². The highest BCUT2D eigenvalue weighted by Crippen LogP contribution is 2.33. The Kier molecular flexibility index (Phi) is 13.5. The standard InChI is InChI=1S/C39H43N7O8S/c40-32(20-30-23-55-24-43-30)38(50)42-14-16-53-18-17-52-15-13-41-36(48)26-5-8-29(9-6-26)44-37(49)27-3-1-25(2-4-27)21-46(31-10-11-31)39(51)28-7-12-33-34(19-28)54-22-35(47)45-33/h1-9,12,19,23-24,31-32H,10-11,13-18,20-22,40H2,(H,41,48)(H,42,50)(H,44,49)(H,45,47)/t32-/m0/s1. The lowest BCUT2D eigenvalue weighted by Gasteiger charge is -2.24. The molecule has 6 rings (SSSR count). The van der Waals surface area contributed by atoms with Crippen LogP contribution in [0.15, 0.2) is 77.6 Å². The van der Waals surface area contributed by atoms with E-state index < -0.39 is 6.04 Å². The zero-order valence-corrected chi connectivity index (χ0v) is 30.9. The van der Waals surface area contributed by atoms with E-state index in [-0.39, 0.29) is 42.2 Å². The number of carbonyl (C=O) groups is 5. The number of hydrogen-bond acceptors (Lipinski definition) is 11. The van der Waals surface area contributed by atoms with Gasteiger partial charge in [-0.05, 0) is 73.0 Å². The molecule has 1 atom stereocenters. The number of fused-ring (bicyclic) bond motifs is 1. The van der Waals surface area contributed by atoms with Crippen molar-refractivity contribution in [1.29, 1.82) is 0 Å². The van der Waals surface area contributed by atoms with Crippen LogP contribution < -0.4 is 31.7 Å². The average Bonchev–Trinajstić information content (AvgIpc) is 3.91. The van der Waals surface area contributed by atoms with E-state index in [9.17, 15) is 24.0 Å². The number of benzene rings is 3. The van der Waals surface area contributed by atoms with Crippen molar-refractivity contribution in [2.75, 3.05) is 56.8 Å². The van der Waals surface area contributed by atoms with Crippen LogP contribution in [0.4, 0.5) is 11.4 Å². The van der Waals surface area contributed by atoms with Gasteiger partial charge in [0, 0.05) is 59.9 Å². The number of ether oxygens (including phenoxy) is 3. The Balaban J connectivity index is 0.858. The molecule has 2 heterocycles. The maximum atomic E-state index is 13.5. The van der Waals surface area contributed by atoms with E-state index in [4.69, 9.17) is 19.9 Å². The normalized spacial score (nSPS) is 13.8. The van der Waals surface area contributed by atoms with Crippen molar-refractivity contribution in [2.24, 2.45) is 5.73 Å². The second-order valence-electron chi connectivity index (χ2n) is 13.0. The largest absolute Gasteiger partial charge is 0.482 e. The number of rotatable bonds is 19. The summed E-state index contributed by atoms with van der Waals surface area (Å²) in [4.78, 5) is 68.7. The first-order chi connectivity index (χ1) is 26.7. The fraction of sp³-hybridized carbons (Fsp3) is 0.333. The van der Waals surface area contributed by atoms with Gasteiger partial charge in [0.05, 0.1) is 49.4 Å². The zero-order chi connectivity index (χ0) is 38.6. The van der Waals surface area contributed by atoms with E-state index in [1.165, 1.54) is 11.3 Å². The Morgan fingerprint density at radius 2 is 1.56 bits per heavy atom. The van der Waals surface area contributed by atoms with Gasteiger partial charge in [0.2, 0.25) is 5.91 Å². The van der Waals surface area contributed by atoms with E-state index >= 15 is 0 Å². The lowest BCUT2D eigenvalue weighted by atomic mass is 10.1. The zero-order valence-electron chi connectivity index (χ0n) is 30.1. The lowest BCUT2D eigenvalue weighted by molar-refractivity contribution is -0.122. The maximum absolute atomic E-state index is 13.5. The van der Waals surface area contributed by atoms with Crippen LogP contribution in [0.3, 0.4) is 0 Å². The quantitative estimate of drug-likeness (QED) is 0.0883. The van der Waals surface area contributed by atoms with E-state index in [1.807, 2.05) is 22.4 Å². The molecule has 1 saturated carbocycles. The summed E-state index contributed by atoms with van der Waals surface area (Å²) in [6.07, 6.45) is 2.23. The van der Waals surface area contributed by atoms with Crippen LogP contribution in [0, 0.1) is 0 Å². The van der Waals surface area contributed by atoms with Crippen molar-refractivity contribution in [3.8, 4) is 5.75 Å². The van der Waals surface area contributed by atoms with Gasteiger partial charge in [0.25, 0.3) is 23.6 Å². The molecule has 288 valence electrons. The Bertz CT molecular complexity index is 1950. The summed E-state index contributed by atoms with van der Waals surface area (Å²) in [5, 5.41) is 13.0. The number of aromatic nitrogens is 1. The molecule has 1 aliphatic carbocycles. The molecule has 16 heteroatoms. The fourth-order valence-corrected chi connectivity index (χ4v) is 6.26. The molecule has 55 heavy (non-hydrogen) atoms. The molecule has 1 fully saturated rings. The molecule has 4 aromatic rings. The minimum atomic E-state index is -0.662. The molecule has 1 aliphatic heterocycles. The van der Waals surface area contributed by atoms with E-state index in [0.29, 0.717) is 86.3 Å². The summed E-state index contributed by atoms with van der Waals surface area (Å²) in [6.45, 7) is 2.22. The molecule has 3 aromatic carbocycles. The van der Waals surface area contributed by atoms with Crippen molar-refractivity contribution in [3.63, 3.8) is 0 Å². The second kappa shape index (κ2) is 19.1. The van der Waals surface area contributed by atoms with Gasteiger partial charge >= 0.3 is 0 Å². The summed E-state index contributed by atoms with van der Waals surface area (Å²) in [6, 6.07) is 18.2. The van der Waals surface area contributed by atoms with Gasteiger partial charge in [0.1, 0.15) is 5.75 Å². The number of nitrogens with one attached hydrogen (secondary N) is 4. The Morgan fingerprint density at radius 3 is 2.25 bits per heavy atom. The third-order valence-electron chi connectivity index (χ3n) is 8.78. The van der Waals surface area contributed by atoms with Crippen LogP contribution in [0.25, 0.3) is 0 Å². The van der Waals surface area contributed by atoms with Crippen LogP contribution >= 0.6 is 11.3 Å². The number of thiazole rings is 1. The van der Waals surface area contributed by atoms with Gasteiger partial charge in [0.15, 0.2) is 6.61 Å². The number of anilines is 2. The molecule has 6 N–H and O–H groups in total. The fourth-order valence-electron chi connectivity index (χ4n) is 5.69. The average molecular weight is 770 g/mol. The van der Waals surface area contributed by atoms with E-state index in [0.717, 1.165) is 24.1 Å². The monoisotopic (exact) mass is 769 g/mol. The highest BCUT2D eigenvalue weighted by Gasteiger charge is 2.33. The third-order valence-corrected chi connectivity index (χ3v) is 9.42. The Labute approximate surface area is 321 Å². The summed E-state index contributed by atoms with van der Waals surface area (Å²) < 4.78 is 16.5. The number of carbonyl (C=O) groups excluding carboxylic acids is 5. The molecule has 2 aliphatic rings. The first-order valence-electron chi connectivity index (χ1n) is 18.0. The lowest BCUT2D eigenvalue weighted by Crippen LogP contribution is -2.43. The number of nitrogens with two attached hydrogens (primary N) is 1. The number of amides is 5. The van der Waals surface area contributed by atoms with Crippen LogP contribution in [0.1, 0.15) is 55.2 Å². The van der Waals surface area contributed by atoms with Crippen LogP contribution in [-0.2, 0) is 32.0 Å². The minimum absolute atomic E-state index is 0.0887. The molecule has 1 aromatic heterocycles. The SMILES string of the molecule is N[C@@H](Cc1cscn1)C(=O)NCCOCCOCCNC(=O)c1ccc(NC(=O)c2ccc(CN(C(=O)c3ccc4c(c3)OCC(=O)N4)C3CC3)cc2)cc1. The topological polar surface area (TPSA) is 203 Å². The molecule has 5 amide bonds. The molecule has 15 nitrogen and oxygen atoms in total. The highest BCUT2D eigenvalue weighted by molar-refractivity contribution is 7.07. The van der Waals surface area contributed by atoms with Crippen molar-refractivity contribution >= 4 is 52.2 Å². The predicted octanol–water partition coefficient (Wildman–Crippen LogP) is 2.98. The number of hydrogen-bond donors (Lipinski definition) is 5. The van der Waals surface area contributed by atoms with Gasteiger partial charge in [-0.2, -0.15) is 0 Å². The van der Waals surface area contributed by atoms with Gasteiger partial charge in [-0.25, -0.2) is 4.98 Å². The summed E-state index contributed by atoms with van der Waals surface area (Å²) in [5.41, 5.74) is 11.7. The van der Waals surface area contributed by atoms with Crippen molar-refractivity contribution < 1.29 is 38.2 Å². The van der Waals surface area contributed by atoms with Gasteiger partial charge in [-0.3, -0.25) is 24.0 Å². The van der Waals surface area contributed by atoms with Crippen molar-refractivity contribution in [2.45, 2.75) is 37.9 Å². The molecule has 0 unspecified atom stereocenters. The maximum Gasteiger partial charge on any atom is 0.262 e. The number of nitrogens with zero attached hydrogens (tertiary/aromatic N) is 2. The third kappa shape index (κ3) is 11.4. The summed E-state index contributed by atoms with van der Waals surface area (Å²) in [7, 11) is 0. The second-order valence-corrected chi connectivity index (χ2v) is 13.7. The predicted molar refractivity (Wildman–Crippen MR) is 205 cm³/mol. The van der Waals surface area contributed by atoms with Crippen molar-refractivity contribution in [1.82, 2.24) is 20.5 Å². The van der Waals surface area contributed by atoms with Gasteiger partial charge < -0.3 is 46.1 Å². The first-order valence-corrected chi connectivity index (χ1v) is 18.9. The molecular formula is C39H43N7O8S. The molecule has 0 radical (unpaired) electrons. The first kappa shape index (κ1) is 39.0. The molecular weight excluding hydrogens is 727 g/mol. The summed E-state index contributed by atoms with van der Waals surface area (Å²) in [5.74, 6) is -0.725. The minimum Gasteiger partial charge on any atom is -0.482 e.